The molecule has 0 atom stereocenters. The van der Waals surface area contributed by atoms with Crippen molar-refractivity contribution in [3.05, 3.63) is 59.2 Å². The number of carbonyl (C=O) groups is 1. The van der Waals surface area contributed by atoms with Gasteiger partial charge in [-0.1, -0.05) is 0 Å². The summed E-state index contributed by atoms with van der Waals surface area (Å²) in [5.74, 6) is -0.0813. The number of rotatable bonds is 11. The maximum Gasteiger partial charge on any atom is 0.294 e. The van der Waals surface area contributed by atoms with E-state index in [-0.39, 0.29) is 23.8 Å². The first-order valence-electron chi connectivity index (χ1n) is 11.0. The number of H-pyrrole nitrogens is 1. The Morgan fingerprint density at radius 2 is 2.12 bits per heavy atom. The zero-order valence-corrected chi connectivity index (χ0v) is 19.2. The lowest BCUT2D eigenvalue weighted by Crippen LogP contribution is -2.34. The van der Waals surface area contributed by atoms with Crippen molar-refractivity contribution in [2.45, 2.75) is 25.9 Å². The Bertz CT molecular complexity index is 1290. The summed E-state index contributed by atoms with van der Waals surface area (Å²) in [6.45, 7) is 1.40. The van der Waals surface area contributed by atoms with Crippen molar-refractivity contribution in [2.24, 2.45) is 7.05 Å². The highest BCUT2D eigenvalue weighted by Crippen LogP contribution is 2.17. The highest BCUT2D eigenvalue weighted by molar-refractivity contribution is 5.80. The third-order valence-corrected chi connectivity index (χ3v) is 5.38. The lowest BCUT2D eigenvalue weighted by molar-refractivity contribution is -0.121. The van der Waals surface area contributed by atoms with E-state index < -0.39 is 0 Å². The Morgan fingerprint density at radius 1 is 1.24 bits per heavy atom. The average molecular weight is 465 g/mol. The molecule has 11 nitrogen and oxygen atoms in total. The topological polar surface area (TPSA) is 132 Å². The minimum Gasteiger partial charge on any atom is -0.385 e. The number of aromatic nitrogens is 6. The van der Waals surface area contributed by atoms with E-state index in [1.165, 1.54) is 4.57 Å². The van der Waals surface area contributed by atoms with Gasteiger partial charge in [-0.25, -0.2) is 4.98 Å². The maximum atomic E-state index is 13.2. The van der Waals surface area contributed by atoms with Gasteiger partial charge < -0.3 is 20.4 Å². The lowest BCUT2D eigenvalue weighted by Gasteiger charge is -2.14. The number of aryl methyl sites for hydroxylation is 1. The van der Waals surface area contributed by atoms with Crippen LogP contribution in [-0.2, 0) is 29.7 Å². The van der Waals surface area contributed by atoms with E-state index in [1.807, 2.05) is 12.1 Å². The quantitative estimate of drug-likeness (QED) is 0.288. The molecule has 0 saturated heterocycles. The van der Waals surface area contributed by atoms with E-state index in [0.29, 0.717) is 31.0 Å². The monoisotopic (exact) mass is 464 g/mol. The molecule has 0 aliphatic carbocycles. The van der Waals surface area contributed by atoms with Crippen LogP contribution in [0.3, 0.4) is 0 Å². The number of hydrogen-bond acceptors (Lipinski definition) is 7. The Kier molecular flexibility index (Phi) is 7.33. The third-order valence-electron chi connectivity index (χ3n) is 5.38. The number of aromatic amines is 1. The van der Waals surface area contributed by atoms with Crippen LogP contribution in [0.4, 0.5) is 5.82 Å². The van der Waals surface area contributed by atoms with Crippen LogP contribution < -0.4 is 16.2 Å². The third kappa shape index (κ3) is 5.49. The number of pyridine rings is 1. The van der Waals surface area contributed by atoms with Crippen molar-refractivity contribution in [2.75, 3.05) is 25.6 Å². The maximum absolute atomic E-state index is 13.2. The van der Waals surface area contributed by atoms with Crippen LogP contribution in [0.2, 0.25) is 0 Å². The molecular formula is C23H28N8O3. The number of nitrogens with one attached hydrogen (secondary N) is 3. The van der Waals surface area contributed by atoms with Crippen molar-refractivity contribution in [1.29, 1.82) is 0 Å². The van der Waals surface area contributed by atoms with Crippen molar-refractivity contribution in [3.8, 4) is 11.3 Å². The molecule has 0 unspecified atom stereocenters. The molecule has 0 saturated carbocycles. The molecule has 0 fully saturated rings. The van der Waals surface area contributed by atoms with Crippen molar-refractivity contribution < 1.29 is 9.53 Å². The van der Waals surface area contributed by atoms with Gasteiger partial charge in [0.25, 0.3) is 5.56 Å². The summed E-state index contributed by atoms with van der Waals surface area (Å²) >= 11 is 0. The summed E-state index contributed by atoms with van der Waals surface area (Å²) in [6, 6.07) is 3.81. The summed E-state index contributed by atoms with van der Waals surface area (Å²) in [7, 11) is 3.45. The van der Waals surface area contributed by atoms with E-state index in [4.69, 9.17) is 4.74 Å². The molecule has 0 aromatic carbocycles. The normalized spacial score (nSPS) is 11.1. The summed E-state index contributed by atoms with van der Waals surface area (Å²) in [5, 5.41) is 11.1. The molecular weight excluding hydrogens is 436 g/mol. The van der Waals surface area contributed by atoms with E-state index in [0.717, 1.165) is 29.4 Å². The van der Waals surface area contributed by atoms with Crippen LogP contribution in [-0.4, -0.2) is 55.5 Å². The number of hydrogen-bond donors (Lipinski definition) is 3. The molecule has 11 heteroatoms. The Balaban J connectivity index is 1.50. The largest absolute Gasteiger partial charge is 0.385 e. The fraction of sp³-hybridized carbons (Fsp3) is 0.348. The second-order valence-electron chi connectivity index (χ2n) is 7.95. The zero-order chi connectivity index (χ0) is 23.9. The molecule has 0 aliphatic heterocycles. The number of fused-ring (bicyclic) bond motifs is 1. The number of ether oxygens (including phenoxy) is 1. The van der Waals surface area contributed by atoms with E-state index in [9.17, 15) is 9.59 Å². The SMILES string of the molecule is COCCCCNc1ncc(-c2cnn(C)c2)n(CC(=O)NCc2cc3cnccc3[nH]2)c1=O. The second kappa shape index (κ2) is 10.8. The standard InChI is InChI=1S/C23H28N8O3/c1-30-14-17(11-28-30)20-13-27-22(25-6-3-4-8-34-2)23(33)31(20)15-21(32)26-12-18-9-16-10-24-7-5-19(16)29-18/h5,7,9-11,13-14,29H,3-4,6,8,12,15H2,1-2H3,(H,25,27)(H,26,32). The smallest absolute Gasteiger partial charge is 0.294 e. The number of unbranched alkanes of at least 4 members (excludes halogenated alkanes) is 1. The molecule has 178 valence electrons. The van der Waals surface area contributed by atoms with Gasteiger partial charge >= 0.3 is 0 Å². The van der Waals surface area contributed by atoms with Gasteiger partial charge in [-0.2, -0.15) is 5.10 Å². The van der Waals surface area contributed by atoms with Crippen LogP contribution in [0.5, 0.6) is 0 Å². The summed E-state index contributed by atoms with van der Waals surface area (Å²) in [6.07, 6.45) is 10.2. The average Bonchev–Trinajstić information content (AvgIpc) is 3.45. The Labute approximate surface area is 196 Å². The number of methoxy groups -OCH3 is 1. The summed E-state index contributed by atoms with van der Waals surface area (Å²) in [5.41, 5.74) is 2.67. The minimum absolute atomic E-state index is 0.147. The molecule has 1 amide bonds. The second-order valence-corrected chi connectivity index (χ2v) is 7.95. The van der Waals surface area contributed by atoms with Crippen molar-refractivity contribution in [1.82, 2.24) is 34.6 Å². The van der Waals surface area contributed by atoms with E-state index in [1.54, 1.807) is 49.8 Å². The molecule has 4 aromatic rings. The van der Waals surface area contributed by atoms with Gasteiger partial charge in [0, 0.05) is 68.1 Å². The first kappa shape index (κ1) is 23.2. The van der Waals surface area contributed by atoms with Gasteiger partial charge in [0.15, 0.2) is 5.82 Å². The number of anilines is 1. The van der Waals surface area contributed by atoms with Gasteiger partial charge in [-0.05, 0) is 25.0 Å². The molecule has 4 aromatic heterocycles. The Hall–Kier alpha value is -3.99. The molecule has 0 aliphatic rings. The number of amides is 1. The molecule has 0 bridgehead atoms. The van der Waals surface area contributed by atoms with Gasteiger partial charge in [0.1, 0.15) is 6.54 Å². The van der Waals surface area contributed by atoms with Crippen LogP contribution in [0, 0.1) is 0 Å². The van der Waals surface area contributed by atoms with Crippen molar-refractivity contribution in [3.63, 3.8) is 0 Å². The van der Waals surface area contributed by atoms with Crippen molar-refractivity contribution >= 4 is 22.6 Å². The molecule has 0 spiro atoms. The van der Waals surface area contributed by atoms with Crippen LogP contribution in [0.25, 0.3) is 22.2 Å². The fourth-order valence-electron chi connectivity index (χ4n) is 3.65. The minimum atomic E-state index is -0.361. The predicted molar refractivity (Wildman–Crippen MR) is 128 cm³/mol. The highest BCUT2D eigenvalue weighted by atomic mass is 16.5. The number of nitrogens with zero attached hydrogens (tertiary/aromatic N) is 5. The van der Waals surface area contributed by atoms with Gasteiger partial charge in [0.2, 0.25) is 5.91 Å². The first-order valence-corrected chi connectivity index (χ1v) is 11.0. The summed E-state index contributed by atoms with van der Waals surface area (Å²) < 4.78 is 8.11. The molecule has 0 radical (unpaired) electrons. The zero-order valence-electron chi connectivity index (χ0n) is 19.2. The summed E-state index contributed by atoms with van der Waals surface area (Å²) in [4.78, 5) is 37.7. The molecule has 4 rings (SSSR count). The lowest BCUT2D eigenvalue weighted by atomic mass is 10.2. The van der Waals surface area contributed by atoms with Gasteiger partial charge in [-0.3, -0.25) is 23.8 Å². The first-order chi connectivity index (χ1) is 16.5. The Morgan fingerprint density at radius 3 is 2.88 bits per heavy atom. The van der Waals surface area contributed by atoms with E-state index in [2.05, 4.69) is 30.7 Å². The molecule has 4 heterocycles. The van der Waals surface area contributed by atoms with Gasteiger partial charge in [0.05, 0.1) is 24.6 Å². The number of carbonyl (C=O) groups excluding carboxylic acids is 1. The van der Waals surface area contributed by atoms with E-state index >= 15 is 0 Å². The molecule has 3 N–H and O–H groups in total. The van der Waals surface area contributed by atoms with Crippen LogP contribution >= 0.6 is 0 Å². The van der Waals surface area contributed by atoms with Crippen LogP contribution in [0.15, 0.2) is 47.9 Å². The fourth-order valence-corrected chi connectivity index (χ4v) is 3.65. The highest BCUT2D eigenvalue weighted by Gasteiger charge is 2.16. The van der Waals surface area contributed by atoms with Crippen LogP contribution in [0.1, 0.15) is 18.5 Å². The molecule has 34 heavy (non-hydrogen) atoms. The van der Waals surface area contributed by atoms with Gasteiger partial charge in [-0.15, -0.1) is 0 Å². The predicted octanol–water partition coefficient (Wildman–Crippen LogP) is 1.67.